The Morgan fingerprint density at radius 3 is 2.23 bits per heavy atom. The second-order valence-corrected chi connectivity index (χ2v) is 7.99. The van der Waals surface area contributed by atoms with Gasteiger partial charge in [0.15, 0.2) is 0 Å². The molecule has 0 aromatic heterocycles. The van der Waals surface area contributed by atoms with Crippen LogP contribution in [0.15, 0.2) is 24.3 Å². The summed E-state index contributed by atoms with van der Waals surface area (Å²) in [6.45, 7) is 5.27. The van der Waals surface area contributed by atoms with Crippen LogP contribution in [0.5, 0.6) is 5.75 Å². The van der Waals surface area contributed by atoms with Crippen LogP contribution in [-0.2, 0) is 4.79 Å². The minimum atomic E-state index is 0.111. The second kappa shape index (κ2) is 12.1. The largest absolute Gasteiger partial charge is 0.494 e. The van der Waals surface area contributed by atoms with Crippen LogP contribution in [0.25, 0.3) is 0 Å². The maximum Gasteiger partial charge on any atom is 0.140 e. The van der Waals surface area contributed by atoms with Crippen molar-refractivity contribution in [3.8, 4) is 5.75 Å². The Labute approximate surface area is 160 Å². The van der Waals surface area contributed by atoms with Crippen molar-refractivity contribution in [2.75, 3.05) is 6.61 Å². The molecule has 2 rings (SSSR count). The number of unbranched alkanes of at least 4 members (excludes halogenated alkanes) is 6. The maximum atomic E-state index is 12.5. The van der Waals surface area contributed by atoms with Gasteiger partial charge >= 0.3 is 0 Å². The molecule has 0 saturated heterocycles. The summed E-state index contributed by atoms with van der Waals surface area (Å²) >= 11 is 0. The SMILES string of the molecule is CCCCCCCCCOc1ccc([C@@H]2CC[C@@H](CCC)CC2=O)cc1. The van der Waals surface area contributed by atoms with Gasteiger partial charge in [0.05, 0.1) is 6.61 Å². The molecule has 2 heteroatoms. The van der Waals surface area contributed by atoms with Gasteiger partial charge in [-0.05, 0) is 42.9 Å². The van der Waals surface area contributed by atoms with Gasteiger partial charge in [-0.15, -0.1) is 0 Å². The number of carbonyl (C=O) groups is 1. The van der Waals surface area contributed by atoms with E-state index in [1.807, 2.05) is 12.1 Å². The Bertz CT molecular complexity index is 505. The first-order chi connectivity index (χ1) is 12.7. The number of carbonyl (C=O) groups excluding carboxylic acids is 1. The fourth-order valence-electron chi connectivity index (χ4n) is 4.14. The first-order valence-electron chi connectivity index (χ1n) is 11.0. The molecular formula is C24H38O2. The average Bonchev–Trinajstić information content (AvgIpc) is 2.65. The molecule has 26 heavy (non-hydrogen) atoms. The fraction of sp³-hybridized carbons (Fsp3) is 0.708. The van der Waals surface area contributed by atoms with Gasteiger partial charge < -0.3 is 4.74 Å². The summed E-state index contributed by atoms with van der Waals surface area (Å²) in [6.07, 6.45) is 14.5. The molecule has 1 saturated carbocycles. The molecular weight excluding hydrogens is 320 g/mol. The molecule has 146 valence electrons. The molecule has 0 amide bonds. The number of rotatable bonds is 12. The number of ether oxygens (including phenoxy) is 1. The van der Waals surface area contributed by atoms with Gasteiger partial charge in [0.2, 0.25) is 0 Å². The molecule has 1 aromatic rings. The van der Waals surface area contributed by atoms with Crippen molar-refractivity contribution in [1.29, 1.82) is 0 Å². The van der Waals surface area contributed by atoms with Crippen molar-refractivity contribution < 1.29 is 9.53 Å². The predicted octanol–water partition coefficient (Wildman–Crippen LogP) is 7.07. The molecule has 0 aliphatic heterocycles. The Hall–Kier alpha value is -1.31. The predicted molar refractivity (Wildman–Crippen MR) is 110 cm³/mol. The summed E-state index contributed by atoms with van der Waals surface area (Å²) in [5.41, 5.74) is 1.17. The summed E-state index contributed by atoms with van der Waals surface area (Å²) in [7, 11) is 0. The van der Waals surface area contributed by atoms with E-state index in [2.05, 4.69) is 26.0 Å². The average molecular weight is 359 g/mol. The molecule has 2 atom stereocenters. The van der Waals surface area contributed by atoms with Crippen LogP contribution >= 0.6 is 0 Å². The number of hydrogen-bond acceptors (Lipinski definition) is 2. The molecule has 2 nitrogen and oxygen atoms in total. The topological polar surface area (TPSA) is 26.3 Å². The summed E-state index contributed by atoms with van der Waals surface area (Å²) in [4.78, 5) is 12.5. The van der Waals surface area contributed by atoms with Crippen LogP contribution < -0.4 is 4.74 Å². The fourth-order valence-corrected chi connectivity index (χ4v) is 4.14. The van der Waals surface area contributed by atoms with Gasteiger partial charge in [-0.1, -0.05) is 77.3 Å². The van der Waals surface area contributed by atoms with Gasteiger partial charge in [0.1, 0.15) is 11.5 Å². The summed E-state index contributed by atoms with van der Waals surface area (Å²) < 4.78 is 5.87. The zero-order valence-corrected chi connectivity index (χ0v) is 17.0. The molecule has 0 unspecified atom stereocenters. The molecule has 1 aromatic carbocycles. The van der Waals surface area contributed by atoms with Crippen LogP contribution in [0.2, 0.25) is 0 Å². The molecule has 0 N–H and O–H groups in total. The summed E-state index contributed by atoms with van der Waals surface area (Å²) in [6, 6.07) is 8.29. The lowest BCUT2D eigenvalue weighted by Crippen LogP contribution is -2.23. The lowest BCUT2D eigenvalue weighted by atomic mass is 9.76. The van der Waals surface area contributed by atoms with E-state index in [4.69, 9.17) is 4.74 Å². The Balaban J connectivity index is 1.67. The van der Waals surface area contributed by atoms with Crippen molar-refractivity contribution in [2.45, 2.75) is 96.8 Å². The highest BCUT2D eigenvalue weighted by Crippen LogP contribution is 2.35. The Kier molecular flexibility index (Phi) is 9.81. The van der Waals surface area contributed by atoms with Gasteiger partial charge in [-0.3, -0.25) is 4.79 Å². The highest BCUT2D eigenvalue weighted by atomic mass is 16.5. The lowest BCUT2D eigenvalue weighted by Gasteiger charge is -2.27. The quantitative estimate of drug-likeness (QED) is 0.373. The third kappa shape index (κ3) is 7.13. The van der Waals surface area contributed by atoms with Crippen molar-refractivity contribution in [2.24, 2.45) is 5.92 Å². The normalized spacial score (nSPS) is 20.3. The third-order valence-electron chi connectivity index (χ3n) is 5.74. The smallest absolute Gasteiger partial charge is 0.140 e. The van der Waals surface area contributed by atoms with E-state index < -0.39 is 0 Å². The third-order valence-corrected chi connectivity index (χ3v) is 5.74. The number of hydrogen-bond donors (Lipinski definition) is 0. The summed E-state index contributed by atoms with van der Waals surface area (Å²) in [5, 5.41) is 0. The van der Waals surface area contributed by atoms with E-state index in [9.17, 15) is 4.79 Å². The van der Waals surface area contributed by atoms with Gasteiger partial charge in [0, 0.05) is 12.3 Å². The lowest BCUT2D eigenvalue weighted by molar-refractivity contribution is -0.123. The monoisotopic (exact) mass is 358 g/mol. The van der Waals surface area contributed by atoms with Gasteiger partial charge in [-0.25, -0.2) is 0 Å². The van der Waals surface area contributed by atoms with Crippen LogP contribution in [-0.4, -0.2) is 12.4 Å². The first-order valence-corrected chi connectivity index (χ1v) is 11.0. The first kappa shape index (κ1) is 21.0. The van der Waals surface area contributed by atoms with Crippen LogP contribution in [0, 0.1) is 5.92 Å². The molecule has 1 aliphatic rings. The van der Waals surface area contributed by atoms with E-state index in [0.717, 1.165) is 31.6 Å². The van der Waals surface area contributed by atoms with Crippen LogP contribution in [0.1, 0.15) is 102 Å². The molecule has 0 heterocycles. The van der Waals surface area contributed by atoms with Gasteiger partial charge in [0.25, 0.3) is 0 Å². The van der Waals surface area contributed by atoms with E-state index in [1.54, 1.807) is 0 Å². The highest BCUT2D eigenvalue weighted by Gasteiger charge is 2.29. The van der Waals surface area contributed by atoms with E-state index >= 15 is 0 Å². The minimum absolute atomic E-state index is 0.111. The molecule has 0 bridgehead atoms. The van der Waals surface area contributed by atoms with E-state index in [-0.39, 0.29) is 5.92 Å². The Morgan fingerprint density at radius 1 is 0.885 bits per heavy atom. The minimum Gasteiger partial charge on any atom is -0.494 e. The van der Waals surface area contributed by atoms with E-state index in [1.165, 1.54) is 63.4 Å². The zero-order chi connectivity index (χ0) is 18.6. The second-order valence-electron chi connectivity index (χ2n) is 7.99. The van der Waals surface area contributed by atoms with E-state index in [0.29, 0.717) is 11.7 Å². The standard InChI is InChI=1S/C24H38O2/c1-3-5-6-7-8-9-10-18-26-22-15-13-21(14-16-22)23-17-12-20(11-4-2)19-24(23)25/h13-16,20,23H,3-12,17-19H2,1-2H3/t20-,23+/m1/s1. The van der Waals surface area contributed by atoms with Crippen molar-refractivity contribution in [3.63, 3.8) is 0 Å². The zero-order valence-electron chi connectivity index (χ0n) is 17.0. The van der Waals surface area contributed by atoms with Gasteiger partial charge in [-0.2, -0.15) is 0 Å². The van der Waals surface area contributed by atoms with Crippen molar-refractivity contribution in [3.05, 3.63) is 29.8 Å². The maximum absolute atomic E-state index is 12.5. The highest BCUT2D eigenvalue weighted by molar-refractivity contribution is 5.86. The molecule has 1 fully saturated rings. The van der Waals surface area contributed by atoms with Crippen molar-refractivity contribution >= 4 is 5.78 Å². The van der Waals surface area contributed by atoms with Crippen LogP contribution in [0.3, 0.4) is 0 Å². The van der Waals surface area contributed by atoms with Crippen LogP contribution in [0.4, 0.5) is 0 Å². The molecule has 0 spiro atoms. The Morgan fingerprint density at radius 2 is 1.58 bits per heavy atom. The number of ketones is 1. The van der Waals surface area contributed by atoms with Crippen molar-refractivity contribution in [1.82, 2.24) is 0 Å². The number of Topliss-reactive ketones (excluding diaryl/α,β-unsaturated/α-hetero) is 1. The number of benzene rings is 1. The summed E-state index contributed by atoms with van der Waals surface area (Å²) in [5.74, 6) is 2.10. The molecule has 1 aliphatic carbocycles. The molecule has 0 radical (unpaired) electrons.